The zero-order valence-corrected chi connectivity index (χ0v) is 8.63. The Morgan fingerprint density at radius 2 is 2.23 bits per heavy atom. The van der Waals surface area contributed by atoms with Crippen molar-refractivity contribution in [2.24, 2.45) is 0 Å². The van der Waals surface area contributed by atoms with Crippen molar-refractivity contribution in [2.75, 3.05) is 13.1 Å². The van der Waals surface area contributed by atoms with Crippen LogP contribution in [0, 0.1) is 0 Å². The number of nitrogens with zero attached hydrogens (tertiary/aromatic N) is 1. The van der Waals surface area contributed by atoms with E-state index in [1.807, 2.05) is 25.3 Å². The van der Waals surface area contributed by atoms with Crippen molar-refractivity contribution in [2.45, 2.75) is 13.8 Å². The molecule has 1 rings (SSSR count). The summed E-state index contributed by atoms with van der Waals surface area (Å²) in [4.78, 5) is 13.0. The van der Waals surface area contributed by atoms with Crippen molar-refractivity contribution in [1.29, 1.82) is 0 Å². The van der Waals surface area contributed by atoms with Crippen molar-refractivity contribution < 1.29 is 9.53 Å². The molecule has 0 aromatic carbocycles. The molecule has 0 aliphatic carbocycles. The predicted molar refractivity (Wildman–Crippen MR) is 53.3 cm³/mol. The van der Waals surface area contributed by atoms with Gasteiger partial charge in [-0.15, -0.1) is 11.3 Å². The van der Waals surface area contributed by atoms with Crippen molar-refractivity contribution in [1.82, 2.24) is 4.90 Å². The third kappa shape index (κ3) is 2.73. The maximum atomic E-state index is 11.4. The standard InChI is InChI=1S/C9H13NO2S/c1-3-10(4-2)9(11)12-8-6-5-7-13-8/h5-7H,3-4H2,1-2H3. The first-order chi connectivity index (χ1) is 6.27. The molecule has 0 aliphatic rings. The van der Waals surface area contributed by atoms with Gasteiger partial charge < -0.3 is 9.64 Å². The van der Waals surface area contributed by atoms with Crippen LogP contribution in [0.15, 0.2) is 17.5 Å². The Kier molecular flexibility index (Phi) is 3.76. The molecule has 0 N–H and O–H groups in total. The van der Waals surface area contributed by atoms with Gasteiger partial charge in [-0.1, -0.05) is 0 Å². The van der Waals surface area contributed by atoms with Gasteiger partial charge in [-0.2, -0.15) is 0 Å². The van der Waals surface area contributed by atoms with Gasteiger partial charge in [0.15, 0.2) is 5.06 Å². The Hall–Kier alpha value is -1.03. The van der Waals surface area contributed by atoms with Crippen LogP contribution in [0.4, 0.5) is 4.79 Å². The first kappa shape index (κ1) is 10.1. The first-order valence-electron chi connectivity index (χ1n) is 4.28. The smallest absolute Gasteiger partial charge is 0.399 e. The molecule has 0 unspecified atom stereocenters. The highest BCUT2D eigenvalue weighted by molar-refractivity contribution is 7.11. The van der Waals surface area contributed by atoms with E-state index in [1.165, 1.54) is 11.3 Å². The Bertz CT molecular complexity index is 255. The Labute approximate surface area is 81.9 Å². The maximum absolute atomic E-state index is 11.4. The molecule has 13 heavy (non-hydrogen) atoms. The molecule has 0 aliphatic heterocycles. The van der Waals surface area contributed by atoms with Crippen molar-refractivity contribution >= 4 is 17.4 Å². The second-order valence-corrected chi connectivity index (χ2v) is 3.38. The molecule has 1 heterocycles. The molecule has 3 nitrogen and oxygen atoms in total. The van der Waals surface area contributed by atoms with E-state index in [-0.39, 0.29) is 6.09 Å². The molecule has 0 bridgehead atoms. The molecule has 1 amide bonds. The molecule has 0 spiro atoms. The van der Waals surface area contributed by atoms with E-state index in [2.05, 4.69) is 0 Å². The normalized spacial score (nSPS) is 9.69. The van der Waals surface area contributed by atoms with Gasteiger partial charge >= 0.3 is 6.09 Å². The molecule has 0 atom stereocenters. The summed E-state index contributed by atoms with van der Waals surface area (Å²) in [6, 6.07) is 3.64. The number of hydrogen-bond acceptors (Lipinski definition) is 3. The van der Waals surface area contributed by atoms with Gasteiger partial charge in [0.2, 0.25) is 0 Å². The third-order valence-corrected chi connectivity index (χ3v) is 2.45. The Balaban J connectivity index is 2.49. The summed E-state index contributed by atoms with van der Waals surface area (Å²) in [5.41, 5.74) is 0. The monoisotopic (exact) mass is 199 g/mol. The van der Waals surface area contributed by atoms with Crippen LogP contribution < -0.4 is 4.74 Å². The van der Waals surface area contributed by atoms with Crippen LogP contribution in [0.5, 0.6) is 5.06 Å². The van der Waals surface area contributed by atoms with Gasteiger partial charge in [0, 0.05) is 13.1 Å². The summed E-state index contributed by atoms with van der Waals surface area (Å²) in [5, 5.41) is 2.53. The Morgan fingerprint density at radius 3 is 2.69 bits per heavy atom. The quantitative estimate of drug-likeness (QED) is 0.748. The molecular formula is C9H13NO2S. The van der Waals surface area contributed by atoms with E-state index >= 15 is 0 Å². The van der Waals surface area contributed by atoms with E-state index < -0.39 is 0 Å². The Morgan fingerprint density at radius 1 is 1.54 bits per heavy atom. The minimum atomic E-state index is -0.271. The second kappa shape index (κ2) is 4.87. The lowest BCUT2D eigenvalue weighted by atomic mass is 10.5. The van der Waals surface area contributed by atoms with E-state index in [0.717, 1.165) is 0 Å². The minimum absolute atomic E-state index is 0.271. The number of carbonyl (C=O) groups excluding carboxylic acids is 1. The number of carbonyl (C=O) groups is 1. The fourth-order valence-corrected chi connectivity index (χ4v) is 1.52. The zero-order chi connectivity index (χ0) is 9.68. The molecule has 0 fully saturated rings. The van der Waals surface area contributed by atoms with Crippen LogP contribution in [-0.2, 0) is 0 Å². The molecule has 4 heteroatoms. The van der Waals surface area contributed by atoms with Crippen LogP contribution >= 0.6 is 11.3 Å². The summed E-state index contributed by atoms with van der Waals surface area (Å²) in [6.07, 6.45) is -0.271. The maximum Gasteiger partial charge on any atom is 0.416 e. The topological polar surface area (TPSA) is 29.5 Å². The molecular weight excluding hydrogens is 186 g/mol. The fourth-order valence-electron chi connectivity index (χ4n) is 0.954. The third-order valence-electron chi connectivity index (χ3n) is 1.70. The highest BCUT2D eigenvalue weighted by Gasteiger charge is 2.11. The predicted octanol–water partition coefficient (Wildman–Crippen LogP) is 2.59. The van der Waals surface area contributed by atoms with E-state index in [4.69, 9.17) is 4.74 Å². The van der Waals surface area contributed by atoms with Crippen LogP contribution in [0.25, 0.3) is 0 Å². The molecule has 1 aromatic rings. The van der Waals surface area contributed by atoms with Gasteiger partial charge in [0.25, 0.3) is 0 Å². The summed E-state index contributed by atoms with van der Waals surface area (Å²) in [7, 11) is 0. The van der Waals surface area contributed by atoms with Crippen LogP contribution in [0.1, 0.15) is 13.8 Å². The van der Waals surface area contributed by atoms with E-state index in [9.17, 15) is 4.79 Å². The van der Waals surface area contributed by atoms with E-state index in [0.29, 0.717) is 18.2 Å². The van der Waals surface area contributed by atoms with Crippen molar-refractivity contribution in [3.8, 4) is 5.06 Å². The van der Waals surface area contributed by atoms with Gasteiger partial charge in [0.05, 0.1) is 0 Å². The van der Waals surface area contributed by atoms with E-state index in [1.54, 1.807) is 11.0 Å². The van der Waals surface area contributed by atoms with Gasteiger partial charge in [-0.3, -0.25) is 0 Å². The van der Waals surface area contributed by atoms with Crippen molar-refractivity contribution in [3.05, 3.63) is 17.5 Å². The van der Waals surface area contributed by atoms with Crippen molar-refractivity contribution in [3.63, 3.8) is 0 Å². The second-order valence-electron chi connectivity index (χ2n) is 2.47. The summed E-state index contributed by atoms with van der Waals surface area (Å²) >= 11 is 1.42. The summed E-state index contributed by atoms with van der Waals surface area (Å²) < 4.78 is 5.10. The summed E-state index contributed by atoms with van der Waals surface area (Å²) in [6.45, 7) is 5.22. The molecule has 0 saturated carbocycles. The number of amides is 1. The van der Waals surface area contributed by atoms with Gasteiger partial charge in [0.1, 0.15) is 0 Å². The first-order valence-corrected chi connectivity index (χ1v) is 5.16. The van der Waals surface area contributed by atoms with Crippen LogP contribution in [-0.4, -0.2) is 24.1 Å². The number of thiophene rings is 1. The molecule has 72 valence electrons. The fraction of sp³-hybridized carbons (Fsp3) is 0.444. The molecule has 1 aromatic heterocycles. The molecule has 0 radical (unpaired) electrons. The average Bonchev–Trinajstić information content (AvgIpc) is 2.59. The summed E-state index contributed by atoms with van der Waals surface area (Å²) in [5.74, 6) is 0. The number of ether oxygens (including phenoxy) is 1. The zero-order valence-electron chi connectivity index (χ0n) is 7.82. The van der Waals surface area contributed by atoms with Crippen LogP contribution in [0.3, 0.4) is 0 Å². The van der Waals surface area contributed by atoms with Crippen LogP contribution in [0.2, 0.25) is 0 Å². The largest absolute Gasteiger partial charge is 0.416 e. The highest BCUT2D eigenvalue weighted by atomic mass is 32.1. The highest BCUT2D eigenvalue weighted by Crippen LogP contribution is 2.18. The molecule has 0 saturated heterocycles. The minimum Gasteiger partial charge on any atom is -0.399 e. The SMILES string of the molecule is CCN(CC)C(=O)Oc1cccs1. The van der Waals surface area contributed by atoms with Gasteiger partial charge in [-0.05, 0) is 31.4 Å². The lowest BCUT2D eigenvalue weighted by Gasteiger charge is -2.16. The lowest BCUT2D eigenvalue weighted by molar-refractivity contribution is 0.158. The van der Waals surface area contributed by atoms with Gasteiger partial charge in [-0.25, -0.2) is 4.79 Å². The average molecular weight is 199 g/mol. The number of rotatable bonds is 3. The number of hydrogen-bond donors (Lipinski definition) is 0. The lowest BCUT2D eigenvalue weighted by Crippen LogP contribution is -2.32.